The number of ether oxygens (including phenoxy) is 2. The molecule has 1 aromatic rings. The van der Waals surface area contributed by atoms with Crippen molar-refractivity contribution in [3.8, 4) is 11.5 Å². The van der Waals surface area contributed by atoms with Crippen LogP contribution in [0.15, 0.2) is 24.3 Å². The minimum Gasteiger partial charge on any atom is -0.546 e. The van der Waals surface area contributed by atoms with Crippen molar-refractivity contribution in [1.29, 1.82) is 0 Å². The molecule has 4 nitrogen and oxygen atoms in total. The van der Waals surface area contributed by atoms with Gasteiger partial charge in [-0.2, -0.15) is 0 Å². The molecular weight excluding hydrogens is 223 g/mol. The van der Waals surface area contributed by atoms with E-state index in [4.69, 9.17) is 9.47 Å². The van der Waals surface area contributed by atoms with Gasteiger partial charge in [0.15, 0.2) is 0 Å². The van der Waals surface area contributed by atoms with E-state index in [0.29, 0.717) is 12.4 Å². The van der Waals surface area contributed by atoms with E-state index >= 15 is 0 Å². The van der Waals surface area contributed by atoms with Gasteiger partial charge in [-0.05, 0) is 31.2 Å². The summed E-state index contributed by atoms with van der Waals surface area (Å²) >= 11 is 0. The third kappa shape index (κ3) is 6.16. The van der Waals surface area contributed by atoms with Crippen LogP contribution in [0.4, 0.5) is 0 Å². The van der Waals surface area contributed by atoms with Gasteiger partial charge in [-0.3, -0.25) is 0 Å². The molecule has 0 atom stereocenters. The van der Waals surface area contributed by atoms with E-state index in [9.17, 15) is 9.90 Å². The second kappa shape index (κ2) is 8.12. The molecule has 76 valence electrons. The Balaban J connectivity index is 0.00000196. The molecule has 0 bridgehead atoms. The first-order valence-electron chi connectivity index (χ1n) is 4.28. The molecule has 0 saturated heterocycles. The molecule has 0 amide bonds. The first-order chi connectivity index (χ1) is 6.72. The number of hydrogen-bond donors (Lipinski definition) is 0. The van der Waals surface area contributed by atoms with Crippen LogP contribution in [0.3, 0.4) is 0 Å². The largest absolute Gasteiger partial charge is 1.00 e. The summed E-state index contributed by atoms with van der Waals surface area (Å²) in [4.78, 5) is 10.1. The normalized spacial score (nSPS) is 8.87. The summed E-state index contributed by atoms with van der Waals surface area (Å²) in [5.41, 5.74) is 0. The standard InChI is InChI=1S/C10H12O4.K/c1-2-13-8-3-5-9(6-4-8)14-7-10(11)12;/h3-6H,2,7H2,1H3,(H,11,12);/q;+1/p-1. The predicted molar refractivity (Wildman–Crippen MR) is 48.1 cm³/mol. The number of carbonyl (C=O) groups excluding carboxylic acids is 1. The first kappa shape index (κ1) is 14.9. The van der Waals surface area contributed by atoms with Crippen molar-refractivity contribution in [3.63, 3.8) is 0 Å². The predicted octanol–water partition coefficient (Wildman–Crippen LogP) is -2.78. The van der Waals surface area contributed by atoms with Gasteiger partial charge in [-0.15, -0.1) is 0 Å². The minimum absolute atomic E-state index is 0. The summed E-state index contributed by atoms with van der Waals surface area (Å²) in [6, 6.07) is 6.73. The van der Waals surface area contributed by atoms with E-state index < -0.39 is 12.6 Å². The van der Waals surface area contributed by atoms with E-state index in [1.54, 1.807) is 24.3 Å². The number of benzene rings is 1. The van der Waals surface area contributed by atoms with Gasteiger partial charge in [-0.1, -0.05) is 0 Å². The molecule has 15 heavy (non-hydrogen) atoms. The minimum atomic E-state index is -1.24. The van der Waals surface area contributed by atoms with E-state index in [1.807, 2.05) is 6.92 Å². The number of rotatable bonds is 5. The molecule has 0 spiro atoms. The summed E-state index contributed by atoms with van der Waals surface area (Å²) < 4.78 is 10.1. The summed E-state index contributed by atoms with van der Waals surface area (Å²) in [7, 11) is 0. The molecule has 0 aliphatic heterocycles. The Labute approximate surface area is 131 Å². The average molecular weight is 234 g/mol. The third-order valence-corrected chi connectivity index (χ3v) is 1.49. The van der Waals surface area contributed by atoms with Crippen LogP contribution in [-0.2, 0) is 4.79 Å². The smallest absolute Gasteiger partial charge is 0.546 e. The molecule has 5 heteroatoms. The maximum Gasteiger partial charge on any atom is 1.00 e. The van der Waals surface area contributed by atoms with Crippen LogP contribution in [0.2, 0.25) is 0 Å². The molecule has 0 unspecified atom stereocenters. The maximum atomic E-state index is 10.1. The Bertz CT molecular complexity index is 297. The Kier molecular flexibility index (Phi) is 8.08. The van der Waals surface area contributed by atoms with Gasteiger partial charge in [0.2, 0.25) is 0 Å². The topological polar surface area (TPSA) is 58.6 Å². The Morgan fingerprint density at radius 3 is 2.07 bits per heavy atom. The van der Waals surface area contributed by atoms with Crippen molar-refractivity contribution in [1.82, 2.24) is 0 Å². The van der Waals surface area contributed by atoms with E-state index in [2.05, 4.69) is 0 Å². The van der Waals surface area contributed by atoms with Crippen LogP contribution in [-0.4, -0.2) is 19.2 Å². The number of carboxylic acids is 1. The Hall–Kier alpha value is -0.0736. The van der Waals surface area contributed by atoms with Crippen molar-refractivity contribution in [2.75, 3.05) is 13.2 Å². The van der Waals surface area contributed by atoms with Crippen LogP contribution >= 0.6 is 0 Å². The van der Waals surface area contributed by atoms with Crippen molar-refractivity contribution >= 4 is 5.97 Å². The molecule has 0 fully saturated rings. The SMILES string of the molecule is CCOc1ccc(OCC(=O)[O-])cc1.[K+]. The van der Waals surface area contributed by atoms with E-state index in [-0.39, 0.29) is 51.4 Å². The van der Waals surface area contributed by atoms with E-state index in [1.165, 1.54) is 0 Å². The van der Waals surface area contributed by atoms with Crippen LogP contribution in [0.1, 0.15) is 6.92 Å². The molecule has 0 N–H and O–H groups in total. The Morgan fingerprint density at radius 1 is 1.20 bits per heavy atom. The maximum absolute atomic E-state index is 10.1. The molecule has 0 heterocycles. The van der Waals surface area contributed by atoms with Gasteiger partial charge < -0.3 is 19.4 Å². The number of hydrogen-bond acceptors (Lipinski definition) is 4. The zero-order valence-corrected chi connectivity index (χ0v) is 12.0. The molecule has 0 aliphatic rings. The molecule has 1 aromatic carbocycles. The Morgan fingerprint density at radius 2 is 1.67 bits per heavy atom. The van der Waals surface area contributed by atoms with Gasteiger partial charge in [0.1, 0.15) is 18.1 Å². The van der Waals surface area contributed by atoms with Crippen molar-refractivity contribution in [2.24, 2.45) is 0 Å². The number of aliphatic carboxylic acids is 1. The quantitative estimate of drug-likeness (QED) is 0.517. The van der Waals surface area contributed by atoms with Gasteiger partial charge in [0.05, 0.1) is 12.6 Å². The zero-order chi connectivity index (χ0) is 10.4. The zero-order valence-electron chi connectivity index (χ0n) is 8.86. The van der Waals surface area contributed by atoms with Crippen LogP contribution in [0.5, 0.6) is 11.5 Å². The average Bonchev–Trinajstić information content (AvgIpc) is 2.17. The summed E-state index contributed by atoms with van der Waals surface area (Å²) in [5.74, 6) is -0.0233. The number of carbonyl (C=O) groups is 1. The second-order valence-corrected chi connectivity index (χ2v) is 2.57. The molecule has 0 radical (unpaired) electrons. The second-order valence-electron chi connectivity index (χ2n) is 2.57. The van der Waals surface area contributed by atoms with Crippen LogP contribution in [0, 0.1) is 0 Å². The third-order valence-electron chi connectivity index (χ3n) is 1.49. The summed E-state index contributed by atoms with van der Waals surface area (Å²) in [6.07, 6.45) is 0. The molecule has 0 aromatic heterocycles. The fourth-order valence-electron chi connectivity index (χ4n) is 0.941. The molecular formula is C10H11KO4. The molecule has 0 aliphatic carbocycles. The first-order valence-corrected chi connectivity index (χ1v) is 4.28. The molecule has 1 rings (SSSR count). The van der Waals surface area contributed by atoms with Gasteiger partial charge in [0, 0.05) is 0 Å². The van der Waals surface area contributed by atoms with Crippen molar-refractivity contribution < 1.29 is 70.8 Å². The van der Waals surface area contributed by atoms with E-state index in [0.717, 1.165) is 5.75 Å². The van der Waals surface area contributed by atoms with Crippen molar-refractivity contribution in [2.45, 2.75) is 6.92 Å². The number of carboxylic acid groups (broad SMARTS) is 1. The molecule has 0 saturated carbocycles. The fraction of sp³-hybridized carbons (Fsp3) is 0.300. The monoisotopic (exact) mass is 234 g/mol. The van der Waals surface area contributed by atoms with Gasteiger partial charge >= 0.3 is 51.4 Å². The van der Waals surface area contributed by atoms with Crippen molar-refractivity contribution in [3.05, 3.63) is 24.3 Å². The van der Waals surface area contributed by atoms with Gasteiger partial charge in [-0.25, -0.2) is 0 Å². The van der Waals surface area contributed by atoms with Gasteiger partial charge in [0.25, 0.3) is 0 Å². The van der Waals surface area contributed by atoms with Crippen LogP contribution < -0.4 is 66.0 Å². The van der Waals surface area contributed by atoms with Crippen LogP contribution in [0.25, 0.3) is 0 Å². The fourth-order valence-corrected chi connectivity index (χ4v) is 0.941. The summed E-state index contributed by atoms with van der Waals surface area (Å²) in [6.45, 7) is 2.05. The summed E-state index contributed by atoms with van der Waals surface area (Å²) in [5, 5.41) is 10.1.